The summed E-state index contributed by atoms with van der Waals surface area (Å²) in [6.07, 6.45) is -6.32. The molecule has 12 heteroatoms. The maximum atomic E-state index is 13.1. The van der Waals surface area contributed by atoms with Gasteiger partial charge in [-0.25, -0.2) is 14.8 Å². The number of nitrogens with zero attached hydrogens (tertiary/aromatic N) is 3. The number of carbonyl (C=O) groups excluding carboxylic acids is 2. The van der Waals surface area contributed by atoms with Crippen LogP contribution in [0, 0.1) is 0 Å². The number of aromatic amines is 1. The quantitative estimate of drug-likeness (QED) is 0.400. The zero-order valence-corrected chi connectivity index (χ0v) is 19.1. The Hall–Kier alpha value is -3.93. The summed E-state index contributed by atoms with van der Waals surface area (Å²) in [4.78, 5) is 38.8. The number of piperidine rings is 1. The molecule has 3 atom stereocenters. The minimum absolute atomic E-state index is 0.169. The summed E-state index contributed by atoms with van der Waals surface area (Å²) >= 11 is 0. The van der Waals surface area contributed by atoms with Gasteiger partial charge in [-0.05, 0) is 44.2 Å². The largest absolute Gasteiger partial charge is 0.490 e. The number of rotatable bonds is 5. The van der Waals surface area contributed by atoms with E-state index in [1.165, 1.54) is 0 Å². The number of imidazole rings is 1. The second kappa shape index (κ2) is 9.26. The van der Waals surface area contributed by atoms with Gasteiger partial charge in [0.2, 0.25) is 5.89 Å². The van der Waals surface area contributed by atoms with E-state index in [0.717, 1.165) is 16.9 Å². The van der Waals surface area contributed by atoms with Crippen molar-refractivity contribution < 1.29 is 31.9 Å². The molecule has 4 aromatic rings. The van der Waals surface area contributed by atoms with Crippen molar-refractivity contribution in [2.75, 3.05) is 13.6 Å². The summed E-state index contributed by atoms with van der Waals surface area (Å²) in [5, 5.41) is 2.72. The van der Waals surface area contributed by atoms with Crippen molar-refractivity contribution in [2.45, 2.75) is 37.2 Å². The van der Waals surface area contributed by atoms with Crippen LogP contribution in [0.3, 0.4) is 0 Å². The van der Waals surface area contributed by atoms with E-state index in [0.29, 0.717) is 24.9 Å². The van der Waals surface area contributed by atoms with Crippen LogP contribution in [-0.4, -0.2) is 57.5 Å². The number of nitrogens with one attached hydrogen (secondary N) is 2. The van der Waals surface area contributed by atoms with Crippen LogP contribution in [0.15, 0.2) is 52.9 Å². The first-order chi connectivity index (χ1) is 17.2. The lowest BCUT2D eigenvalue weighted by molar-refractivity contribution is -0.206. The smallest absolute Gasteiger partial charge is 0.436 e. The first-order valence-corrected chi connectivity index (χ1v) is 11.3. The van der Waals surface area contributed by atoms with Crippen molar-refractivity contribution in [1.29, 1.82) is 0 Å². The number of fused-ring (bicyclic) bond motifs is 2. The van der Waals surface area contributed by atoms with Crippen molar-refractivity contribution in [2.24, 2.45) is 0 Å². The average molecular weight is 501 g/mol. The van der Waals surface area contributed by atoms with Crippen molar-refractivity contribution >= 4 is 34.0 Å². The van der Waals surface area contributed by atoms with Gasteiger partial charge in [0, 0.05) is 12.6 Å². The Kier molecular flexibility index (Phi) is 6.12. The van der Waals surface area contributed by atoms with E-state index in [1.807, 2.05) is 31.3 Å². The average Bonchev–Trinajstić information content (AvgIpc) is 3.47. The molecule has 5 rings (SSSR count). The number of alkyl halides is 3. The molecule has 9 nitrogen and oxygen atoms in total. The van der Waals surface area contributed by atoms with E-state index in [4.69, 9.17) is 4.42 Å². The number of H-pyrrole nitrogens is 1. The molecule has 3 heterocycles. The summed E-state index contributed by atoms with van der Waals surface area (Å²) in [5.74, 6) is -3.17. The molecular weight excluding hydrogens is 479 g/mol. The second-order valence-electron chi connectivity index (χ2n) is 8.67. The lowest BCUT2D eigenvalue weighted by atomic mass is 9.97. The molecule has 2 aromatic carbocycles. The number of para-hydroxylation sites is 4. The fourth-order valence-corrected chi connectivity index (χ4v) is 4.33. The zero-order valence-electron chi connectivity index (χ0n) is 19.1. The number of oxazole rings is 1. The molecule has 188 valence electrons. The van der Waals surface area contributed by atoms with Crippen LogP contribution in [0.5, 0.6) is 0 Å². The van der Waals surface area contributed by atoms with Crippen LogP contribution in [0.2, 0.25) is 0 Å². The Morgan fingerprint density at radius 2 is 1.86 bits per heavy atom. The molecule has 2 aromatic heterocycles. The highest BCUT2D eigenvalue weighted by Gasteiger charge is 2.45. The van der Waals surface area contributed by atoms with Crippen molar-refractivity contribution in [3.8, 4) is 0 Å². The van der Waals surface area contributed by atoms with E-state index in [1.54, 1.807) is 24.3 Å². The van der Waals surface area contributed by atoms with E-state index >= 15 is 0 Å². The van der Waals surface area contributed by atoms with Gasteiger partial charge < -0.3 is 19.5 Å². The topological polar surface area (TPSA) is 113 Å². The highest BCUT2D eigenvalue weighted by Crippen LogP contribution is 2.31. The number of benzene rings is 2. The fraction of sp³-hybridized carbons (Fsp3) is 0.333. The van der Waals surface area contributed by atoms with E-state index in [-0.39, 0.29) is 11.6 Å². The van der Waals surface area contributed by atoms with Gasteiger partial charge >= 0.3 is 12.1 Å². The predicted molar refractivity (Wildman–Crippen MR) is 122 cm³/mol. The third-order valence-corrected chi connectivity index (χ3v) is 6.17. The van der Waals surface area contributed by atoms with Gasteiger partial charge in [0.05, 0.1) is 17.1 Å². The molecule has 1 unspecified atom stereocenters. The number of ether oxygens (including phenoxy) is 1. The normalized spacial score (nSPS) is 19.9. The second-order valence-corrected chi connectivity index (χ2v) is 8.67. The van der Waals surface area contributed by atoms with Gasteiger partial charge in [-0.2, -0.15) is 13.2 Å². The third kappa shape index (κ3) is 4.76. The van der Waals surface area contributed by atoms with Crippen molar-refractivity contribution in [3.63, 3.8) is 0 Å². The number of hydrogen-bond acceptors (Lipinski definition) is 7. The third-order valence-electron chi connectivity index (χ3n) is 6.17. The predicted octanol–water partition coefficient (Wildman–Crippen LogP) is 3.80. The van der Waals surface area contributed by atoms with E-state index in [2.05, 4.69) is 29.9 Å². The van der Waals surface area contributed by atoms with Crippen LogP contribution >= 0.6 is 0 Å². The van der Waals surface area contributed by atoms with Crippen LogP contribution in [0.1, 0.15) is 36.7 Å². The van der Waals surface area contributed by atoms with E-state index in [9.17, 15) is 22.8 Å². The molecule has 0 aliphatic carbocycles. The van der Waals surface area contributed by atoms with Crippen LogP contribution in [0.25, 0.3) is 22.1 Å². The maximum Gasteiger partial charge on any atom is 0.490 e. The molecular formula is C24H22F3N5O4. The minimum Gasteiger partial charge on any atom is -0.436 e. The minimum atomic E-state index is -5.29. The van der Waals surface area contributed by atoms with Crippen molar-refractivity contribution in [1.82, 2.24) is 25.2 Å². The first kappa shape index (κ1) is 23.8. The lowest BCUT2D eigenvalue weighted by Gasteiger charge is -2.36. The summed E-state index contributed by atoms with van der Waals surface area (Å²) in [6.45, 7) is 0.600. The molecule has 0 saturated carbocycles. The summed E-state index contributed by atoms with van der Waals surface area (Å²) in [5.41, 5.74) is 2.25. The van der Waals surface area contributed by atoms with Crippen LogP contribution in [0.4, 0.5) is 13.2 Å². The number of halogens is 3. The van der Waals surface area contributed by atoms with Gasteiger partial charge in [-0.15, -0.1) is 0 Å². The Balaban J connectivity index is 1.37. The number of hydrogen-bond donors (Lipinski definition) is 2. The number of aromatic nitrogens is 3. The maximum absolute atomic E-state index is 13.1. The van der Waals surface area contributed by atoms with E-state index < -0.39 is 36.1 Å². The number of carbonyl (C=O) groups is 2. The Morgan fingerprint density at radius 3 is 2.58 bits per heavy atom. The lowest BCUT2D eigenvalue weighted by Crippen LogP contribution is -2.47. The van der Waals surface area contributed by atoms with Crippen molar-refractivity contribution in [3.05, 3.63) is 60.2 Å². The van der Waals surface area contributed by atoms with Gasteiger partial charge in [0.25, 0.3) is 12.0 Å². The Labute approximate surface area is 202 Å². The molecule has 1 aliphatic rings. The Bertz CT molecular complexity index is 1350. The Morgan fingerprint density at radius 1 is 1.14 bits per heavy atom. The van der Waals surface area contributed by atoms with Crippen LogP contribution < -0.4 is 5.32 Å². The molecule has 0 radical (unpaired) electrons. The molecule has 1 amide bonds. The van der Waals surface area contributed by atoms with Gasteiger partial charge in [-0.3, -0.25) is 9.69 Å². The van der Waals surface area contributed by atoms with Gasteiger partial charge in [0.15, 0.2) is 5.58 Å². The molecule has 1 saturated heterocycles. The molecule has 36 heavy (non-hydrogen) atoms. The highest BCUT2D eigenvalue weighted by molar-refractivity contribution is 5.86. The van der Waals surface area contributed by atoms with Gasteiger partial charge in [0.1, 0.15) is 11.3 Å². The molecule has 0 spiro atoms. The number of likely N-dealkylation sites (tertiary alicyclic amines) is 1. The molecule has 0 bridgehead atoms. The number of amides is 1. The molecule has 2 N–H and O–H groups in total. The van der Waals surface area contributed by atoms with Crippen LogP contribution in [-0.2, 0) is 14.3 Å². The summed E-state index contributed by atoms with van der Waals surface area (Å²) in [6, 6.07) is 13.4. The summed E-state index contributed by atoms with van der Waals surface area (Å²) in [7, 11) is 1.93. The first-order valence-electron chi connectivity index (χ1n) is 11.3. The monoisotopic (exact) mass is 501 g/mol. The standard InChI is InChI=1S/C24H22F3N5O4/c1-32-11-10-13(12-17(32)20-29-14-6-2-3-7-15(14)30-20)28-21(33)19(36-23(34)24(25,26)27)22-31-16-8-4-5-9-18(16)35-22/h2-9,13,17,19H,10-12H2,1H3,(H,28,33)(H,29,30)/t13-,17-,19?/m1/s1. The molecule has 1 aliphatic heterocycles. The molecule has 1 fully saturated rings. The highest BCUT2D eigenvalue weighted by atomic mass is 19.4. The SMILES string of the molecule is CN1CC[C@@H](NC(=O)C(OC(=O)C(F)(F)F)c2nc3ccccc3o2)C[C@@H]1c1nc2ccccc2[nH]1. The summed E-state index contributed by atoms with van der Waals surface area (Å²) < 4.78 is 48.8. The van der Waals surface area contributed by atoms with Gasteiger partial charge in [-0.1, -0.05) is 24.3 Å². The zero-order chi connectivity index (χ0) is 25.4. The fourth-order valence-electron chi connectivity index (χ4n) is 4.33. The number of esters is 1.